The first-order chi connectivity index (χ1) is 12.1. The molecule has 1 aliphatic heterocycles. The lowest BCUT2D eigenvalue weighted by molar-refractivity contribution is 0.0679. The lowest BCUT2D eigenvalue weighted by atomic mass is 9.93. The van der Waals surface area contributed by atoms with Gasteiger partial charge in [-0.05, 0) is 56.8 Å². The molecule has 25 heavy (non-hydrogen) atoms. The van der Waals surface area contributed by atoms with Crippen molar-refractivity contribution in [2.24, 2.45) is 12.5 Å². The highest BCUT2D eigenvalue weighted by Crippen LogP contribution is 2.56. The maximum absolute atomic E-state index is 13.3. The number of carbonyl (C=O) groups excluding carboxylic acids is 1. The van der Waals surface area contributed by atoms with Gasteiger partial charge in [-0.3, -0.25) is 4.79 Å². The summed E-state index contributed by atoms with van der Waals surface area (Å²) in [6.07, 6.45) is 7.09. The van der Waals surface area contributed by atoms with E-state index in [9.17, 15) is 4.79 Å². The van der Waals surface area contributed by atoms with E-state index in [1.54, 1.807) is 6.20 Å². The molecule has 132 valence electrons. The van der Waals surface area contributed by atoms with Crippen molar-refractivity contribution in [2.75, 3.05) is 13.1 Å². The van der Waals surface area contributed by atoms with Gasteiger partial charge in [-0.15, -0.1) is 0 Å². The van der Waals surface area contributed by atoms with E-state index >= 15 is 0 Å². The van der Waals surface area contributed by atoms with Crippen LogP contribution in [-0.4, -0.2) is 44.5 Å². The summed E-state index contributed by atoms with van der Waals surface area (Å²) in [4.78, 5) is 24.2. The summed E-state index contributed by atoms with van der Waals surface area (Å²) < 4.78 is 1.99. The number of hydrogen-bond acceptors (Lipinski definition) is 4. The molecule has 2 aromatic heterocycles. The van der Waals surface area contributed by atoms with Crippen molar-refractivity contribution < 1.29 is 4.79 Å². The fourth-order valence-electron chi connectivity index (χ4n) is 4.06. The maximum atomic E-state index is 13.3. The van der Waals surface area contributed by atoms with Gasteiger partial charge in [-0.1, -0.05) is 6.07 Å². The average molecular weight is 339 g/mol. The van der Waals surface area contributed by atoms with Crippen LogP contribution in [-0.2, 0) is 13.6 Å². The molecule has 2 aromatic rings. The molecule has 6 nitrogen and oxygen atoms in total. The van der Waals surface area contributed by atoms with Crippen LogP contribution in [0.15, 0.2) is 30.6 Å². The second-order valence-corrected chi connectivity index (χ2v) is 7.38. The van der Waals surface area contributed by atoms with E-state index in [1.807, 2.05) is 47.8 Å². The van der Waals surface area contributed by atoms with Crippen LogP contribution in [0.1, 0.15) is 41.3 Å². The van der Waals surface area contributed by atoms with Crippen LogP contribution in [0.4, 0.5) is 0 Å². The number of carbonyl (C=O) groups is 1. The maximum Gasteiger partial charge on any atom is 0.273 e. The monoisotopic (exact) mass is 339 g/mol. The molecular weight excluding hydrogens is 314 g/mol. The highest BCUT2D eigenvalue weighted by molar-refractivity contribution is 5.92. The summed E-state index contributed by atoms with van der Waals surface area (Å²) in [6, 6.07) is 5.94. The van der Waals surface area contributed by atoms with Gasteiger partial charge in [0.1, 0.15) is 11.5 Å². The molecule has 3 heterocycles. The summed E-state index contributed by atoms with van der Waals surface area (Å²) in [5.41, 5.74) is 1.69. The zero-order valence-corrected chi connectivity index (χ0v) is 14.9. The Hall–Kier alpha value is -2.21. The highest BCUT2D eigenvalue weighted by Gasteiger charge is 2.58. The number of hydrogen-bond donors (Lipinski definition) is 1. The molecule has 0 aromatic carbocycles. The van der Waals surface area contributed by atoms with Gasteiger partial charge >= 0.3 is 0 Å². The fourth-order valence-corrected chi connectivity index (χ4v) is 4.06. The van der Waals surface area contributed by atoms with Crippen LogP contribution in [0, 0.1) is 12.3 Å². The minimum Gasteiger partial charge on any atom is -0.337 e. The number of aryl methyl sites for hydroxylation is 2. The van der Waals surface area contributed by atoms with Gasteiger partial charge < -0.3 is 14.8 Å². The number of imidazole rings is 1. The Morgan fingerprint density at radius 2 is 2.20 bits per heavy atom. The SMILES string of the molecule is Cc1cccc(C(=O)N(Cc2nccn2C)[C@@H]2CC23CCNCC3)n1. The first kappa shape index (κ1) is 16.3. The fraction of sp³-hybridized carbons (Fsp3) is 0.526. The van der Waals surface area contributed by atoms with Gasteiger partial charge in [-0.25, -0.2) is 9.97 Å². The van der Waals surface area contributed by atoms with Crippen molar-refractivity contribution in [3.8, 4) is 0 Å². The Morgan fingerprint density at radius 3 is 2.88 bits per heavy atom. The standard InChI is InChI=1S/C19H25N5O/c1-14-4-3-5-15(22-14)18(25)24(13-17-21-10-11-23(17)2)16-12-19(16)6-8-20-9-7-19/h3-5,10-11,16,20H,6-9,12-13H2,1-2H3/t16-/m1/s1. The van der Waals surface area contributed by atoms with Gasteiger partial charge in [0.15, 0.2) is 0 Å². The number of nitrogens with one attached hydrogen (secondary N) is 1. The molecule has 1 N–H and O–H groups in total. The second-order valence-electron chi connectivity index (χ2n) is 7.38. The van der Waals surface area contributed by atoms with Crippen LogP contribution in [0.5, 0.6) is 0 Å². The lowest BCUT2D eigenvalue weighted by Crippen LogP contribution is -2.40. The summed E-state index contributed by atoms with van der Waals surface area (Å²) >= 11 is 0. The third-order valence-electron chi connectivity index (χ3n) is 5.72. The highest BCUT2D eigenvalue weighted by atomic mass is 16.2. The van der Waals surface area contributed by atoms with Gasteiger partial charge in [0.2, 0.25) is 0 Å². The van der Waals surface area contributed by atoms with E-state index in [1.165, 1.54) is 0 Å². The van der Waals surface area contributed by atoms with E-state index in [-0.39, 0.29) is 11.3 Å². The molecule has 0 radical (unpaired) electrons. The summed E-state index contributed by atoms with van der Waals surface area (Å²) in [6.45, 7) is 4.55. The molecule has 4 rings (SSSR count). The Bertz CT molecular complexity index is 778. The second kappa shape index (κ2) is 6.26. The Labute approximate surface area is 148 Å². The molecular formula is C19H25N5O. The molecule has 1 saturated carbocycles. The number of rotatable bonds is 4. The van der Waals surface area contributed by atoms with E-state index < -0.39 is 0 Å². The van der Waals surface area contributed by atoms with Gasteiger partial charge in [-0.2, -0.15) is 0 Å². The third kappa shape index (κ3) is 3.06. The molecule has 1 aliphatic carbocycles. The summed E-state index contributed by atoms with van der Waals surface area (Å²) in [5.74, 6) is 0.934. The van der Waals surface area contributed by atoms with Crippen LogP contribution in [0.25, 0.3) is 0 Å². The molecule has 0 bridgehead atoms. The van der Waals surface area contributed by atoms with E-state index in [2.05, 4.69) is 15.3 Å². The average Bonchev–Trinajstić information content (AvgIpc) is 3.13. The van der Waals surface area contributed by atoms with Crippen LogP contribution in [0.2, 0.25) is 0 Å². The molecule has 0 unspecified atom stereocenters. The summed E-state index contributed by atoms with van der Waals surface area (Å²) in [7, 11) is 1.98. The zero-order chi connectivity index (χ0) is 17.4. The van der Waals surface area contributed by atoms with Crippen molar-refractivity contribution >= 4 is 5.91 Å². The van der Waals surface area contributed by atoms with Crippen molar-refractivity contribution in [3.63, 3.8) is 0 Å². The summed E-state index contributed by atoms with van der Waals surface area (Å²) in [5, 5.41) is 3.43. The van der Waals surface area contributed by atoms with Crippen LogP contribution in [0.3, 0.4) is 0 Å². The number of aromatic nitrogens is 3. The first-order valence-corrected chi connectivity index (χ1v) is 9.01. The quantitative estimate of drug-likeness (QED) is 0.924. The normalized spacial score (nSPS) is 21.3. The topological polar surface area (TPSA) is 63.1 Å². The number of nitrogens with zero attached hydrogens (tertiary/aromatic N) is 4. The zero-order valence-electron chi connectivity index (χ0n) is 14.9. The van der Waals surface area contributed by atoms with Crippen molar-refractivity contribution in [1.29, 1.82) is 0 Å². The first-order valence-electron chi connectivity index (χ1n) is 9.01. The van der Waals surface area contributed by atoms with Crippen LogP contribution >= 0.6 is 0 Å². The van der Waals surface area contributed by atoms with Crippen molar-refractivity contribution in [1.82, 2.24) is 24.8 Å². The number of piperidine rings is 1. The smallest absolute Gasteiger partial charge is 0.273 e. The largest absolute Gasteiger partial charge is 0.337 e. The van der Waals surface area contributed by atoms with Crippen LogP contribution < -0.4 is 5.32 Å². The number of pyridine rings is 1. The van der Waals surface area contributed by atoms with E-state index in [4.69, 9.17) is 0 Å². The lowest BCUT2D eigenvalue weighted by Gasteiger charge is -2.29. The third-order valence-corrected chi connectivity index (χ3v) is 5.72. The van der Waals surface area contributed by atoms with Gasteiger partial charge in [0, 0.05) is 31.2 Å². The van der Waals surface area contributed by atoms with E-state index in [0.717, 1.165) is 43.9 Å². The molecule has 1 amide bonds. The minimum absolute atomic E-state index is 0.0205. The Kier molecular flexibility index (Phi) is 4.07. The van der Waals surface area contributed by atoms with Gasteiger partial charge in [0.25, 0.3) is 5.91 Å². The Balaban J connectivity index is 1.62. The molecule has 1 atom stereocenters. The van der Waals surface area contributed by atoms with Gasteiger partial charge in [0.05, 0.1) is 6.54 Å². The predicted octanol–water partition coefficient (Wildman–Crippen LogP) is 1.91. The minimum atomic E-state index is 0.0205. The molecule has 1 spiro atoms. The molecule has 6 heteroatoms. The Morgan fingerprint density at radius 1 is 1.40 bits per heavy atom. The molecule has 2 fully saturated rings. The van der Waals surface area contributed by atoms with E-state index in [0.29, 0.717) is 18.3 Å². The van der Waals surface area contributed by atoms with Crippen molar-refractivity contribution in [2.45, 2.75) is 38.8 Å². The number of amides is 1. The molecule has 1 saturated heterocycles. The predicted molar refractivity (Wildman–Crippen MR) is 95.0 cm³/mol. The molecule has 2 aliphatic rings. The van der Waals surface area contributed by atoms with Crippen molar-refractivity contribution in [3.05, 3.63) is 47.8 Å².